The fourth-order valence-corrected chi connectivity index (χ4v) is 2.05. The Bertz CT molecular complexity index is 278. The molecule has 100 valence electrons. The molecule has 0 spiro atoms. The van der Waals surface area contributed by atoms with Crippen LogP contribution in [0.15, 0.2) is 0 Å². The standard InChI is InChI=1S/C13H26N2O2/c1-12(2,3)7-10(16)8-15-11(17)13(4,14)9-5-6-9/h9-10,16H,5-8,14H2,1-4H3,(H,15,17). The highest BCUT2D eigenvalue weighted by Gasteiger charge is 2.43. The average Bonchev–Trinajstić information content (AvgIpc) is 2.93. The summed E-state index contributed by atoms with van der Waals surface area (Å²) in [5.74, 6) is 0.162. The maximum absolute atomic E-state index is 11.9. The highest BCUT2D eigenvalue weighted by Crippen LogP contribution is 2.38. The molecule has 0 aromatic carbocycles. The minimum Gasteiger partial charge on any atom is -0.391 e. The summed E-state index contributed by atoms with van der Waals surface area (Å²) in [5.41, 5.74) is 5.27. The van der Waals surface area contributed by atoms with Gasteiger partial charge in [-0.25, -0.2) is 0 Å². The number of nitrogens with one attached hydrogen (secondary N) is 1. The molecule has 1 rings (SSSR count). The lowest BCUT2D eigenvalue weighted by Crippen LogP contribution is -2.54. The van der Waals surface area contributed by atoms with Crippen molar-refractivity contribution >= 4 is 5.91 Å². The van der Waals surface area contributed by atoms with Crippen LogP contribution < -0.4 is 11.1 Å². The van der Waals surface area contributed by atoms with E-state index in [2.05, 4.69) is 26.1 Å². The maximum atomic E-state index is 11.9. The number of amides is 1. The highest BCUT2D eigenvalue weighted by atomic mass is 16.3. The van der Waals surface area contributed by atoms with E-state index < -0.39 is 11.6 Å². The third-order valence-electron chi connectivity index (χ3n) is 3.26. The first-order valence-electron chi connectivity index (χ1n) is 6.38. The number of nitrogens with two attached hydrogens (primary N) is 1. The predicted octanol–water partition coefficient (Wildman–Crippen LogP) is 1.03. The number of hydrogen-bond donors (Lipinski definition) is 3. The Labute approximate surface area is 104 Å². The maximum Gasteiger partial charge on any atom is 0.240 e. The molecule has 0 radical (unpaired) electrons. The van der Waals surface area contributed by atoms with Gasteiger partial charge < -0.3 is 16.2 Å². The van der Waals surface area contributed by atoms with Gasteiger partial charge >= 0.3 is 0 Å². The summed E-state index contributed by atoms with van der Waals surface area (Å²) in [6.07, 6.45) is 2.22. The van der Waals surface area contributed by atoms with Crippen LogP contribution in [0.4, 0.5) is 0 Å². The molecule has 17 heavy (non-hydrogen) atoms. The second-order valence-electron chi connectivity index (χ2n) is 6.69. The Kier molecular flexibility index (Phi) is 4.20. The number of carbonyl (C=O) groups is 1. The molecule has 2 unspecified atom stereocenters. The molecule has 1 saturated carbocycles. The number of hydrogen-bond acceptors (Lipinski definition) is 3. The van der Waals surface area contributed by atoms with Crippen molar-refractivity contribution in [3.63, 3.8) is 0 Å². The Morgan fingerprint density at radius 1 is 1.41 bits per heavy atom. The van der Waals surface area contributed by atoms with E-state index in [0.717, 1.165) is 12.8 Å². The van der Waals surface area contributed by atoms with E-state index in [0.29, 0.717) is 12.3 Å². The monoisotopic (exact) mass is 242 g/mol. The second kappa shape index (κ2) is 4.94. The summed E-state index contributed by atoms with van der Waals surface area (Å²) < 4.78 is 0. The molecule has 0 aromatic heterocycles. The smallest absolute Gasteiger partial charge is 0.240 e. The van der Waals surface area contributed by atoms with Gasteiger partial charge in [-0.3, -0.25) is 4.79 Å². The van der Waals surface area contributed by atoms with E-state index in [9.17, 15) is 9.90 Å². The Morgan fingerprint density at radius 2 is 1.94 bits per heavy atom. The predicted molar refractivity (Wildman–Crippen MR) is 68.4 cm³/mol. The third-order valence-corrected chi connectivity index (χ3v) is 3.26. The van der Waals surface area contributed by atoms with Gasteiger partial charge in [0.05, 0.1) is 11.6 Å². The van der Waals surface area contributed by atoms with Crippen LogP contribution in [0, 0.1) is 11.3 Å². The van der Waals surface area contributed by atoms with E-state index in [1.807, 2.05) is 0 Å². The minimum atomic E-state index is -0.776. The van der Waals surface area contributed by atoms with Crippen molar-refractivity contribution in [2.45, 2.75) is 58.6 Å². The van der Waals surface area contributed by atoms with Crippen molar-refractivity contribution in [1.29, 1.82) is 0 Å². The van der Waals surface area contributed by atoms with Crippen molar-refractivity contribution in [2.75, 3.05) is 6.54 Å². The average molecular weight is 242 g/mol. The molecule has 0 bridgehead atoms. The van der Waals surface area contributed by atoms with Crippen molar-refractivity contribution < 1.29 is 9.90 Å². The van der Waals surface area contributed by atoms with Crippen LogP contribution in [-0.4, -0.2) is 29.2 Å². The molecule has 0 heterocycles. The molecule has 1 fully saturated rings. The molecule has 0 saturated heterocycles. The van der Waals surface area contributed by atoms with Crippen molar-refractivity contribution in [2.24, 2.45) is 17.1 Å². The lowest BCUT2D eigenvalue weighted by atomic mass is 9.89. The fourth-order valence-electron chi connectivity index (χ4n) is 2.05. The second-order valence-corrected chi connectivity index (χ2v) is 6.69. The van der Waals surface area contributed by atoms with Crippen molar-refractivity contribution in [3.8, 4) is 0 Å². The van der Waals surface area contributed by atoms with Crippen LogP contribution in [0.5, 0.6) is 0 Å². The number of rotatable bonds is 5. The van der Waals surface area contributed by atoms with Crippen LogP contribution in [0.25, 0.3) is 0 Å². The van der Waals surface area contributed by atoms with Crippen LogP contribution in [0.3, 0.4) is 0 Å². The van der Waals surface area contributed by atoms with E-state index in [1.165, 1.54) is 0 Å². The Balaban J connectivity index is 2.32. The number of aliphatic hydroxyl groups excluding tert-OH is 1. The largest absolute Gasteiger partial charge is 0.391 e. The van der Waals surface area contributed by atoms with Gasteiger partial charge in [-0.1, -0.05) is 20.8 Å². The molecule has 1 aliphatic carbocycles. The van der Waals surface area contributed by atoms with E-state index >= 15 is 0 Å². The normalized spacial score (nSPS) is 21.8. The van der Waals surface area contributed by atoms with Gasteiger partial charge in [0.25, 0.3) is 0 Å². The summed E-state index contributed by atoms with van der Waals surface area (Å²) in [6, 6.07) is 0. The molecule has 0 aliphatic heterocycles. The zero-order valence-electron chi connectivity index (χ0n) is 11.4. The zero-order chi connectivity index (χ0) is 13.3. The molecule has 4 nitrogen and oxygen atoms in total. The lowest BCUT2D eigenvalue weighted by Gasteiger charge is -2.26. The Hall–Kier alpha value is -0.610. The number of carbonyl (C=O) groups excluding carboxylic acids is 1. The molecule has 1 amide bonds. The van der Waals surface area contributed by atoms with Gasteiger partial charge in [0.2, 0.25) is 5.91 Å². The van der Waals surface area contributed by atoms with Gasteiger partial charge in [0, 0.05) is 6.54 Å². The molecule has 4 N–H and O–H groups in total. The fraction of sp³-hybridized carbons (Fsp3) is 0.923. The molecular formula is C13H26N2O2. The first kappa shape index (κ1) is 14.5. The summed E-state index contributed by atoms with van der Waals surface area (Å²) >= 11 is 0. The highest BCUT2D eigenvalue weighted by molar-refractivity contribution is 5.86. The zero-order valence-corrected chi connectivity index (χ0v) is 11.4. The van der Waals surface area contributed by atoms with Gasteiger partial charge in [-0.15, -0.1) is 0 Å². The van der Waals surface area contributed by atoms with Crippen LogP contribution in [0.2, 0.25) is 0 Å². The van der Waals surface area contributed by atoms with E-state index in [4.69, 9.17) is 5.73 Å². The van der Waals surface area contributed by atoms with Crippen molar-refractivity contribution in [1.82, 2.24) is 5.32 Å². The summed E-state index contributed by atoms with van der Waals surface area (Å²) in [6.45, 7) is 8.26. The van der Waals surface area contributed by atoms with E-state index in [-0.39, 0.29) is 17.9 Å². The third kappa shape index (κ3) is 4.64. The van der Waals surface area contributed by atoms with Gasteiger partial charge in [0.15, 0.2) is 0 Å². The molecule has 0 aromatic rings. The quantitative estimate of drug-likeness (QED) is 0.674. The van der Waals surface area contributed by atoms with Crippen LogP contribution in [0.1, 0.15) is 47.0 Å². The minimum absolute atomic E-state index is 0.0622. The summed E-state index contributed by atoms with van der Waals surface area (Å²) in [5, 5.41) is 12.6. The first-order valence-corrected chi connectivity index (χ1v) is 6.38. The van der Waals surface area contributed by atoms with Gasteiger partial charge in [0.1, 0.15) is 0 Å². The number of aliphatic hydroxyl groups is 1. The molecule has 1 aliphatic rings. The summed E-state index contributed by atoms with van der Waals surface area (Å²) in [4.78, 5) is 11.9. The van der Waals surface area contributed by atoms with Gasteiger partial charge in [-0.05, 0) is 37.5 Å². The lowest BCUT2D eigenvalue weighted by molar-refractivity contribution is -0.127. The molecule has 4 heteroatoms. The first-order chi connectivity index (χ1) is 7.63. The summed E-state index contributed by atoms with van der Waals surface area (Å²) in [7, 11) is 0. The van der Waals surface area contributed by atoms with Gasteiger partial charge in [-0.2, -0.15) is 0 Å². The van der Waals surface area contributed by atoms with Crippen LogP contribution >= 0.6 is 0 Å². The van der Waals surface area contributed by atoms with Crippen molar-refractivity contribution in [3.05, 3.63) is 0 Å². The topological polar surface area (TPSA) is 75.3 Å². The SMILES string of the molecule is CC(C)(C)CC(O)CNC(=O)C(C)(N)C1CC1. The molecular weight excluding hydrogens is 216 g/mol. The van der Waals surface area contributed by atoms with E-state index in [1.54, 1.807) is 6.92 Å². The van der Waals surface area contributed by atoms with Crippen LogP contribution in [-0.2, 0) is 4.79 Å². The Morgan fingerprint density at radius 3 is 2.35 bits per heavy atom. The molecule has 2 atom stereocenters.